The predicted octanol–water partition coefficient (Wildman–Crippen LogP) is 21.7. The lowest BCUT2D eigenvalue weighted by atomic mass is 9.99. The Bertz CT molecular complexity index is 1860. The molecule has 0 heterocycles. The summed E-state index contributed by atoms with van der Waals surface area (Å²) in [5, 5.41) is 10.6. The number of phosphoric acid groups is 2. The number of unbranched alkanes of at least 4 members (excludes halogenated alkanes) is 35. The van der Waals surface area contributed by atoms with Gasteiger partial charge in [0, 0.05) is 25.7 Å². The number of hydrogen-bond acceptors (Lipinski definition) is 15. The molecule has 0 aromatic heterocycles. The van der Waals surface area contributed by atoms with Gasteiger partial charge in [-0.2, -0.15) is 0 Å². The zero-order valence-electron chi connectivity index (χ0n) is 61.6. The van der Waals surface area contributed by atoms with Crippen molar-refractivity contribution in [3.05, 3.63) is 0 Å². The molecular formula is C75H146O17P2. The van der Waals surface area contributed by atoms with Gasteiger partial charge in [0.25, 0.3) is 0 Å². The maximum atomic E-state index is 13.1. The average molecular weight is 1380 g/mol. The van der Waals surface area contributed by atoms with Crippen LogP contribution in [0.25, 0.3) is 0 Å². The van der Waals surface area contributed by atoms with E-state index < -0.39 is 97.5 Å². The van der Waals surface area contributed by atoms with Gasteiger partial charge < -0.3 is 33.8 Å². The van der Waals surface area contributed by atoms with Crippen molar-refractivity contribution in [2.75, 3.05) is 39.6 Å². The fourth-order valence-corrected chi connectivity index (χ4v) is 12.9. The molecule has 0 aromatic rings. The molecule has 0 radical (unpaired) electrons. The van der Waals surface area contributed by atoms with E-state index in [4.69, 9.17) is 37.0 Å². The molecule has 0 spiro atoms. The van der Waals surface area contributed by atoms with Gasteiger partial charge in [-0.05, 0) is 49.4 Å². The van der Waals surface area contributed by atoms with Crippen molar-refractivity contribution < 1.29 is 80.2 Å². The minimum Gasteiger partial charge on any atom is -0.462 e. The van der Waals surface area contributed by atoms with E-state index in [0.717, 1.165) is 120 Å². The van der Waals surface area contributed by atoms with Crippen LogP contribution in [0, 0.1) is 23.7 Å². The van der Waals surface area contributed by atoms with Crippen LogP contribution in [0.3, 0.4) is 0 Å². The first-order chi connectivity index (χ1) is 45.2. The second kappa shape index (κ2) is 64.4. The van der Waals surface area contributed by atoms with Crippen LogP contribution in [0.2, 0.25) is 0 Å². The summed E-state index contributed by atoms with van der Waals surface area (Å²) in [6.07, 6.45) is 48.5. The second-order valence-corrected chi connectivity index (χ2v) is 31.1. The van der Waals surface area contributed by atoms with E-state index in [1.807, 2.05) is 0 Å². The monoisotopic (exact) mass is 1380 g/mol. The van der Waals surface area contributed by atoms with Gasteiger partial charge >= 0.3 is 39.5 Å². The summed E-state index contributed by atoms with van der Waals surface area (Å²) in [5.41, 5.74) is 0. The van der Waals surface area contributed by atoms with Crippen molar-refractivity contribution in [3.63, 3.8) is 0 Å². The fraction of sp³-hybridized carbons (Fsp3) is 0.947. The Morgan fingerprint density at radius 2 is 0.511 bits per heavy atom. The van der Waals surface area contributed by atoms with Gasteiger partial charge in [0.1, 0.15) is 19.3 Å². The van der Waals surface area contributed by atoms with E-state index in [-0.39, 0.29) is 25.7 Å². The van der Waals surface area contributed by atoms with Gasteiger partial charge in [-0.1, -0.05) is 325 Å². The van der Waals surface area contributed by atoms with Crippen LogP contribution in [0.5, 0.6) is 0 Å². The van der Waals surface area contributed by atoms with Crippen molar-refractivity contribution in [1.82, 2.24) is 0 Å². The minimum absolute atomic E-state index is 0.104. The molecule has 0 aliphatic rings. The maximum Gasteiger partial charge on any atom is 0.472 e. The molecule has 19 heteroatoms. The normalized spacial score (nSPS) is 15.0. The van der Waals surface area contributed by atoms with Crippen LogP contribution in [0.15, 0.2) is 0 Å². The molecule has 3 N–H and O–H groups in total. The van der Waals surface area contributed by atoms with Crippen LogP contribution < -0.4 is 0 Å². The van der Waals surface area contributed by atoms with Crippen LogP contribution in [-0.4, -0.2) is 96.7 Å². The van der Waals surface area contributed by atoms with Gasteiger partial charge in [-0.3, -0.25) is 37.3 Å². The molecule has 0 fully saturated rings. The SMILES string of the molecule is CCC(C)CCCCCCCCCCCCCCCCC(=O)O[C@H](COC(=O)CCCCCCCCCCCCC(C)CC)COP(=O)(O)OC[C@@H](O)COP(=O)(O)OC[C@@H](COC(=O)CCCCCCCCC(C)CC)OC(=O)CCCCCCCCCCCC(C)C. The van der Waals surface area contributed by atoms with E-state index in [1.54, 1.807) is 0 Å². The largest absolute Gasteiger partial charge is 0.472 e. The van der Waals surface area contributed by atoms with E-state index in [9.17, 15) is 43.2 Å². The number of aliphatic hydroxyl groups is 1. The quantitative estimate of drug-likeness (QED) is 0.0222. The molecule has 0 saturated heterocycles. The first kappa shape index (κ1) is 92.1. The molecule has 17 nitrogen and oxygen atoms in total. The third-order valence-corrected chi connectivity index (χ3v) is 20.3. The number of aliphatic hydroxyl groups excluding tert-OH is 1. The Kier molecular flexibility index (Phi) is 63.1. The Labute approximate surface area is 575 Å². The van der Waals surface area contributed by atoms with Gasteiger partial charge in [0.2, 0.25) is 0 Å². The summed E-state index contributed by atoms with van der Waals surface area (Å²) in [4.78, 5) is 72.8. The Morgan fingerprint density at radius 1 is 0.298 bits per heavy atom. The number of rotatable bonds is 72. The Balaban J connectivity index is 5.26. The van der Waals surface area contributed by atoms with Crippen LogP contribution in [0.1, 0.15) is 376 Å². The van der Waals surface area contributed by atoms with Gasteiger partial charge in [-0.25, -0.2) is 9.13 Å². The summed E-state index contributed by atoms with van der Waals surface area (Å²) >= 11 is 0. The Morgan fingerprint density at radius 3 is 0.755 bits per heavy atom. The van der Waals surface area contributed by atoms with E-state index in [2.05, 4.69) is 55.4 Å². The third-order valence-electron chi connectivity index (χ3n) is 18.4. The molecule has 0 aromatic carbocycles. The highest BCUT2D eigenvalue weighted by Gasteiger charge is 2.30. The number of ether oxygens (including phenoxy) is 4. The number of carbonyl (C=O) groups excluding carboxylic acids is 4. The van der Waals surface area contributed by atoms with Gasteiger partial charge in [0.15, 0.2) is 12.2 Å². The summed E-state index contributed by atoms with van der Waals surface area (Å²) in [7, 11) is -9.91. The molecule has 0 aliphatic carbocycles. The topological polar surface area (TPSA) is 237 Å². The molecule has 0 amide bonds. The van der Waals surface area contributed by atoms with Crippen LogP contribution in [-0.2, 0) is 65.4 Å². The highest BCUT2D eigenvalue weighted by atomic mass is 31.2. The first-order valence-electron chi connectivity index (χ1n) is 38.8. The van der Waals surface area contributed by atoms with Gasteiger partial charge in [0.05, 0.1) is 26.4 Å². The smallest absolute Gasteiger partial charge is 0.462 e. The molecule has 8 atom stereocenters. The molecule has 558 valence electrons. The summed E-state index contributed by atoms with van der Waals surface area (Å²) in [6.45, 7) is 14.2. The number of carbonyl (C=O) groups is 4. The molecule has 0 bridgehead atoms. The lowest BCUT2D eigenvalue weighted by Crippen LogP contribution is -2.30. The van der Waals surface area contributed by atoms with Crippen LogP contribution in [0.4, 0.5) is 0 Å². The predicted molar refractivity (Wildman–Crippen MR) is 381 cm³/mol. The third kappa shape index (κ3) is 64.7. The molecule has 0 saturated carbocycles. The zero-order chi connectivity index (χ0) is 69.6. The minimum atomic E-state index is -4.96. The fourth-order valence-electron chi connectivity index (χ4n) is 11.3. The van der Waals surface area contributed by atoms with Gasteiger partial charge in [-0.15, -0.1) is 0 Å². The van der Waals surface area contributed by atoms with Crippen molar-refractivity contribution in [3.8, 4) is 0 Å². The Hall–Kier alpha value is -1.94. The second-order valence-electron chi connectivity index (χ2n) is 28.2. The van der Waals surface area contributed by atoms with Crippen LogP contribution >= 0.6 is 15.6 Å². The summed E-state index contributed by atoms with van der Waals surface area (Å²) < 4.78 is 68.5. The number of esters is 4. The molecule has 94 heavy (non-hydrogen) atoms. The standard InChI is InChI=1S/C75H146O17P2/c1-9-66(6)52-44-36-28-22-16-14-12-13-15-17-25-31-41-49-57-74(79)91-70(61-85-72(77)55-47-39-30-24-19-18-23-29-37-45-53-67(7)10-2)63-89-93(81,82)87-59-69(76)60-88-94(83,84)90-64-71(62-86-73(78)56-48-40-34-33-38-46-54-68(8)11-3)92-75(80)58-50-42-32-26-20-21-27-35-43-51-65(4)5/h65-71,76H,9-64H2,1-8H3,(H,81,82)(H,83,84)/t66?,67?,68?,69-,70-,71-/m1/s1. The van der Waals surface area contributed by atoms with E-state index in [1.165, 1.54) is 173 Å². The highest BCUT2D eigenvalue weighted by Crippen LogP contribution is 2.45. The number of phosphoric ester groups is 2. The first-order valence-corrected chi connectivity index (χ1v) is 41.8. The molecule has 0 rings (SSSR count). The average Bonchev–Trinajstić information content (AvgIpc) is 2.01. The molecule has 0 aliphatic heterocycles. The summed E-state index contributed by atoms with van der Waals surface area (Å²) in [5.74, 6) is 0.999. The van der Waals surface area contributed by atoms with E-state index in [0.29, 0.717) is 25.7 Å². The van der Waals surface area contributed by atoms with Crippen molar-refractivity contribution >= 4 is 39.5 Å². The zero-order valence-corrected chi connectivity index (χ0v) is 63.4. The highest BCUT2D eigenvalue weighted by molar-refractivity contribution is 7.47. The van der Waals surface area contributed by atoms with E-state index >= 15 is 0 Å². The summed E-state index contributed by atoms with van der Waals surface area (Å²) in [6, 6.07) is 0. The van der Waals surface area contributed by atoms with Crippen molar-refractivity contribution in [2.45, 2.75) is 395 Å². The lowest BCUT2D eigenvalue weighted by molar-refractivity contribution is -0.161. The maximum absolute atomic E-state index is 13.1. The molecule has 5 unspecified atom stereocenters. The molecular weight excluding hydrogens is 1230 g/mol. The van der Waals surface area contributed by atoms with Crippen molar-refractivity contribution in [2.24, 2.45) is 23.7 Å². The van der Waals surface area contributed by atoms with Crippen molar-refractivity contribution in [1.29, 1.82) is 0 Å². The lowest BCUT2D eigenvalue weighted by Gasteiger charge is -2.21. The number of hydrogen-bond donors (Lipinski definition) is 3.